The lowest BCUT2D eigenvalue weighted by molar-refractivity contribution is -0.112. The maximum Gasteiger partial charge on any atom is 0.266 e. The van der Waals surface area contributed by atoms with E-state index in [-0.39, 0.29) is 10.5 Å². The molecule has 7 nitrogen and oxygen atoms in total. The molecule has 2 aromatic rings. The van der Waals surface area contributed by atoms with Crippen LogP contribution in [0.3, 0.4) is 0 Å². The Morgan fingerprint density at radius 3 is 2.14 bits per heavy atom. The number of amides is 1. The first kappa shape index (κ1) is 21.2. The van der Waals surface area contributed by atoms with Crippen molar-refractivity contribution in [2.45, 2.75) is 18.7 Å². The van der Waals surface area contributed by atoms with E-state index < -0.39 is 15.9 Å². The molecule has 0 saturated heterocycles. The van der Waals surface area contributed by atoms with Gasteiger partial charge in [-0.15, -0.1) is 0 Å². The van der Waals surface area contributed by atoms with Crippen LogP contribution in [0.2, 0.25) is 0 Å². The second-order valence-corrected chi connectivity index (χ2v) is 7.52. The number of hydrogen-bond acceptors (Lipinski definition) is 5. The molecule has 0 aromatic heterocycles. The molecule has 28 heavy (non-hydrogen) atoms. The largest absolute Gasteiger partial charge is 0.372 e. The Morgan fingerprint density at radius 2 is 1.68 bits per heavy atom. The fraction of sp³-hybridized carbons (Fsp3) is 0.200. The van der Waals surface area contributed by atoms with Gasteiger partial charge in [-0.1, -0.05) is 12.1 Å². The molecule has 0 aliphatic rings. The van der Waals surface area contributed by atoms with E-state index in [0.29, 0.717) is 5.69 Å². The van der Waals surface area contributed by atoms with Gasteiger partial charge in [0.1, 0.15) is 11.6 Å². The van der Waals surface area contributed by atoms with Crippen molar-refractivity contribution in [1.82, 2.24) is 0 Å². The van der Waals surface area contributed by atoms with Gasteiger partial charge in [-0.2, -0.15) is 5.26 Å². The van der Waals surface area contributed by atoms with Crippen LogP contribution in [0.4, 0.5) is 11.4 Å². The van der Waals surface area contributed by atoms with E-state index >= 15 is 0 Å². The van der Waals surface area contributed by atoms with Crippen molar-refractivity contribution in [1.29, 1.82) is 5.26 Å². The molecule has 0 fully saturated rings. The quantitative estimate of drug-likeness (QED) is 0.549. The normalized spacial score (nSPS) is 11.6. The van der Waals surface area contributed by atoms with Crippen LogP contribution in [-0.2, 0) is 14.8 Å². The minimum absolute atomic E-state index is 0.0603. The number of nitrogens with one attached hydrogen (secondary N) is 1. The summed E-state index contributed by atoms with van der Waals surface area (Å²) in [5.74, 6) is -0.585. The summed E-state index contributed by atoms with van der Waals surface area (Å²) in [5.41, 5.74) is 2.09. The smallest absolute Gasteiger partial charge is 0.266 e. The average Bonchev–Trinajstić information content (AvgIpc) is 2.67. The van der Waals surface area contributed by atoms with Gasteiger partial charge >= 0.3 is 0 Å². The first-order valence-electron chi connectivity index (χ1n) is 8.69. The fourth-order valence-corrected chi connectivity index (χ4v) is 3.13. The van der Waals surface area contributed by atoms with E-state index in [2.05, 4.69) is 24.1 Å². The van der Waals surface area contributed by atoms with Gasteiger partial charge in [0.25, 0.3) is 5.91 Å². The highest BCUT2D eigenvalue weighted by Crippen LogP contribution is 2.18. The van der Waals surface area contributed by atoms with Gasteiger partial charge in [0.05, 0.1) is 4.90 Å². The monoisotopic (exact) mass is 398 g/mol. The first-order chi connectivity index (χ1) is 13.3. The molecule has 0 unspecified atom stereocenters. The third kappa shape index (κ3) is 5.42. The third-order valence-electron chi connectivity index (χ3n) is 4.14. The number of carbonyl (C=O) groups excluding carboxylic acids is 1. The lowest BCUT2D eigenvalue weighted by atomic mass is 10.1. The standard InChI is InChI=1S/C20H22N4O3S/c1-3-24(4-2)18-9-5-15(6-10-18)13-16(14-21)20(25)23-17-7-11-19(12-8-17)28(22,26)27/h5-13H,3-4H2,1-2H3,(H,23,25)(H2,22,26,27). The van der Waals surface area contributed by atoms with E-state index in [0.717, 1.165) is 24.3 Å². The summed E-state index contributed by atoms with van der Waals surface area (Å²) in [5, 5.41) is 16.9. The van der Waals surface area contributed by atoms with Crippen LogP contribution in [0.5, 0.6) is 0 Å². The Balaban J connectivity index is 2.16. The number of primary sulfonamides is 1. The van der Waals surface area contributed by atoms with Crippen molar-refractivity contribution in [3.8, 4) is 6.07 Å². The number of anilines is 2. The Bertz CT molecular complexity index is 1000. The number of sulfonamides is 1. The van der Waals surface area contributed by atoms with Gasteiger partial charge in [0, 0.05) is 24.5 Å². The number of nitrogens with zero attached hydrogens (tertiary/aromatic N) is 2. The number of hydrogen-bond donors (Lipinski definition) is 2. The van der Waals surface area contributed by atoms with Crippen LogP contribution >= 0.6 is 0 Å². The summed E-state index contributed by atoms with van der Waals surface area (Å²) < 4.78 is 22.5. The fourth-order valence-electron chi connectivity index (χ4n) is 2.61. The molecule has 3 N–H and O–H groups in total. The Hall–Kier alpha value is -3.15. The maximum absolute atomic E-state index is 12.3. The molecule has 0 bridgehead atoms. The van der Waals surface area contributed by atoms with E-state index in [1.165, 1.54) is 30.3 Å². The van der Waals surface area contributed by atoms with E-state index in [9.17, 15) is 18.5 Å². The predicted octanol–water partition coefficient (Wildman–Crippen LogP) is 2.73. The molecule has 1 amide bonds. The van der Waals surface area contributed by atoms with Gasteiger partial charge in [-0.3, -0.25) is 4.79 Å². The van der Waals surface area contributed by atoms with Gasteiger partial charge in [-0.25, -0.2) is 13.6 Å². The SMILES string of the molecule is CCN(CC)c1ccc(C=C(C#N)C(=O)Nc2ccc(S(N)(=O)=O)cc2)cc1. The minimum Gasteiger partial charge on any atom is -0.372 e. The number of nitriles is 1. The summed E-state index contributed by atoms with van der Waals surface area (Å²) in [6, 6.07) is 14.9. The van der Waals surface area contributed by atoms with Crippen molar-refractivity contribution in [3.63, 3.8) is 0 Å². The third-order valence-corrected chi connectivity index (χ3v) is 5.07. The molecule has 0 aliphatic heterocycles. The first-order valence-corrected chi connectivity index (χ1v) is 10.2. The molecule has 0 radical (unpaired) electrons. The summed E-state index contributed by atoms with van der Waals surface area (Å²) in [7, 11) is -3.80. The molecule has 0 aliphatic carbocycles. The highest BCUT2D eigenvalue weighted by molar-refractivity contribution is 7.89. The van der Waals surface area contributed by atoms with Crippen LogP contribution in [0, 0.1) is 11.3 Å². The van der Waals surface area contributed by atoms with Gasteiger partial charge in [0.15, 0.2) is 0 Å². The van der Waals surface area contributed by atoms with E-state index in [1.807, 2.05) is 30.3 Å². The average molecular weight is 398 g/mol. The highest BCUT2D eigenvalue weighted by Gasteiger charge is 2.11. The minimum atomic E-state index is -3.80. The summed E-state index contributed by atoms with van der Waals surface area (Å²) in [4.78, 5) is 14.5. The number of rotatable bonds is 7. The number of benzene rings is 2. The topological polar surface area (TPSA) is 116 Å². The van der Waals surface area contributed by atoms with Crippen molar-refractivity contribution >= 4 is 33.4 Å². The predicted molar refractivity (Wildman–Crippen MR) is 110 cm³/mol. The van der Waals surface area contributed by atoms with Gasteiger partial charge < -0.3 is 10.2 Å². The lowest BCUT2D eigenvalue weighted by Crippen LogP contribution is -2.21. The zero-order valence-electron chi connectivity index (χ0n) is 15.7. The molecule has 146 valence electrons. The molecule has 2 aromatic carbocycles. The van der Waals surface area contributed by atoms with Gasteiger partial charge in [-0.05, 0) is 61.9 Å². The Labute approximate surface area is 165 Å². The Morgan fingerprint density at radius 1 is 1.11 bits per heavy atom. The lowest BCUT2D eigenvalue weighted by Gasteiger charge is -2.20. The van der Waals surface area contributed by atoms with Crippen molar-refractivity contribution in [3.05, 3.63) is 59.7 Å². The van der Waals surface area contributed by atoms with Crippen LogP contribution in [0.15, 0.2) is 59.0 Å². The van der Waals surface area contributed by atoms with Crippen LogP contribution in [0.25, 0.3) is 6.08 Å². The molecular weight excluding hydrogens is 376 g/mol. The molecule has 0 atom stereocenters. The number of nitrogens with two attached hydrogens (primary N) is 1. The molecule has 2 rings (SSSR count). The van der Waals surface area contributed by atoms with Crippen molar-refractivity contribution < 1.29 is 13.2 Å². The zero-order chi connectivity index (χ0) is 20.7. The van der Waals surface area contributed by atoms with Crippen molar-refractivity contribution in [2.24, 2.45) is 5.14 Å². The second kappa shape index (κ2) is 9.17. The van der Waals surface area contributed by atoms with Crippen LogP contribution in [-0.4, -0.2) is 27.4 Å². The van der Waals surface area contributed by atoms with Crippen LogP contribution in [0.1, 0.15) is 19.4 Å². The van der Waals surface area contributed by atoms with E-state index in [1.54, 1.807) is 0 Å². The summed E-state index contributed by atoms with van der Waals surface area (Å²) in [6.07, 6.45) is 1.50. The number of carbonyl (C=O) groups is 1. The summed E-state index contributed by atoms with van der Waals surface area (Å²) >= 11 is 0. The second-order valence-electron chi connectivity index (χ2n) is 5.96. The zero-order valence-corrected chi connectivity index (χ0v) is 16.5. The summed E-state index contributed by atoms with van der Waals surface area (Å²) in [6.45, 7) is 5.93. The van der Waals surface area contributed by atoms with E-state index in [4.69, 9.17) is 5.14 Å². The van der Waals surface area contributed by atoms with Gasteiger partial charge in [0.2, 0.25) is 10.0 Å². The highest BCUT2D eigenvalue weighted by atomic mass is 32.2. The molecular formula is C20H22N4O3S. The molecule has 0 saturated carbocycles. The molecule has 0 spiro atoms. The molecule has 0 heterocycles. The molecule has 8 heteroatoms. The maximum atomic E-state index is 12.3. The van der Waals surface area contributed by atoms with Crippen molar-refractivity contribution in [2.75, 3.05) is 23.3 Å². The Kier molecular flexibility index (Phi) is 6.93. The van der Waals surface area contributed by atoms with Crippen LogP contribution < -0.4 is 15.4 Å².